The van der Waals surface area contributed by atoms with Crippen molar-refractivity contribution >= 4 is 87.3 Å². The maximum absolute atomic E-state index is 14.8. The van der Waals surface area contributed by atoms with Crippen molar-refractivity contribution in [2.45, 2.75) is 99.8 Å². The van der Waals surface area contributed by atoms with Gasteiger partial charge in [0.1, 0.15) is 95.6 Å². The Labute approximate surface area is 498 Å². The lowest BCUT2D eigenvalue weighted by Gasteiger charge is -2.26. The van der Waals surface area contributed by atoms with Crippen LogP contribution < -0.4 is 22.6 Å². The highest BCUT2D eigenvalue weighted by Crippen LogP contribution is 2.57. The number of nitrogens with one attached hydrogen (secondary N) is 2. The van der Waals surface area contributed by atoms with Gasteiger partial charge in [0.25, 0.3) is 11.1 Å². The van der Waals surface area contributed by atoms with Crippen LogP contribution in [0.3, 0.4) is 0 Å². The molecule has 6 saturated heterocycles. The molecule has 4 unspecified atom stereocenters. The maximum atomic E-state index is 14.8. The normalized spacial score (nSPS) is 37.7. The van der Waals surface area contributed by atoms with Crippen molar-refractivity contribution < 1.29 is 112 Å². The van der Waals surface area contributed by atoms with Gasteiger partial charge < -0.3 is 79.3 Å². The van der Waals surface area contributed by atoms with Crippen LogP contribution in [0.4, 0.5) is 20.4 Å². The minimum atomic E-state index is -5.16. The highest BCUT2D eigenvalue weighted by atomic mass is 31.2. The van der Waals surface area contributed by atoms with Gasteiger partial charge in [0.2, 0.25) is 0 Å². The number of imidazole rings is 2. The van der Waals surface area contributed by atoms with Crippen LogP contribution in [0.1, 0.15) is 38.8 Å². The van der Waals surface area contributed by atoms with E-state index in [1.807, 2.05) is 0 Å². The predicted octanol–water partition coefficient (Wildman–Crippen LogP) is 0.191. The fraction of sp³-hybridized carbons (Fsp3) is 0.500. The maximum Gasteiger partial charge on any atom is 0.472 e. The van der Waals surface area contributed by atoms with Gasteiger partial charge in [-0.05, 0) is 0 Å². The molecule has 90 heavy (non-hydrogen) atoms. The van der Waals surface area contributed by atoms with E-state index in [1.54, 1.807) is 13.8 Å². The Kier molecular flexibility index (Phi) is 16.2. The fourth-order valence-electron chi connectivity index (χ4n) is 11.3. The fourth-order valence-corrected chi connectivity index (χ4v) is 15.3. The van der Waals surface area contributed by atoms with Crippen molar-refractivity contribution in [2.75, 3.05) is 37.9 Å². The van der Waals surface area contributed by atoms with Gasteiger partial charge in [-0.2, -0.15) is 0 Å². The lowest BCUT2D eigenvalue weighted by atomic mass is 10.0. The Morgan fingerprint density at radius 2 is 0.900 bits per heavy atom. The number of ether oxygens (including phenoxy) is 4. The highest BCUT2D eigenvalue weighted by molar-refractivity contribution is 7.48. The first-order chi connectivity index (χ1) is 42.7. The molecule has 8 aromatic heterocycles. The number of rotatable bonds is 4. The molecule has 0 spiro atoms. The van der Waals surface area contributed by atoms with Crippen LogP contribution in [-0.4, -0.2) is 185 Å². The van der Waals surface area contributed by atoms with E-state index in [9.17, 15) is 66.4 Å². The summed E-state index contributed by atoms with van der Waals surface area (Å²) in [6, 6.07) is 0. The summed E-state index contributed by atoms with van der Waals surface area (Å²) in [4.78, 5) is 104. The number of aromatic amines is 2. The molecule has 6 fully saturated rings. The number of hydrogen-bond donors (Lipinski definition) is 10. The number of phosphoric ester groups is 4. The minimum absolute atomic E-state index is 0.0237. The second-order valence-corrected chi connectivity index (χ2v) is 26.7. The Morgan fingerprint density at radius 1 is 0.489 bits per heavy atom. The molecule has 12 N–H and O–H groups in total. The van der Waals surface area contributed by atoms with Gasteiger partial charge in [0, 0.05) is 24.2 Å². The molecule has 0 aromatic carbocycles. The van der Waals surface area contributed by atoms with E-state index >= 15 is 0 Å². The molecule has 6 aliphatic heterocycles. The summed E-state index contributed by atoms with van der Waals surface area (Å²) < 4.78 is 153. The van der Waals surface area contributed by atoms with Gasteiger partial charge in [-0.3, -0.25) is 54.9 Å². The second kappa shape index (κ2) is 23.3. The number of fused-ring (bicyclic) bond motifs is 10. The van der Waals surface area contributed by atoms with E-state index in [2.05, 4.69) is 49.8 Å². The molecular formula is C44H50F2N16O24P4. The third-order valence-corrected chi connectivity index (χ3v) is 19.5. The van der Waals surface area contributed by atoms with E-state index in [0.29, 0.717) is 11.2 Å². The van der Waals surface area contributed by atoms with E-state index < -0.39 is 184 Å². The lowest BCUT2D eigenvalue weighted by molar-refractivity contribution is -0.0672. The van der Waals surface area contributed by atoms with Crippen molar-refractivity contribution in [3.63, 3.8) is 0 Å². The van der Waals surface area contributed by atoms with E-state index in [1.165, 1.54) is 28.1 Å². The first-order valence-electron chi connectivity index (χ1n) is 26.6. The average molecular weight is 1350 g/mol. The van der Waals surface area contributed by atoms with Crippen LogP contribution in [0.25, 0.3) is 44.4 Å². The molecule has 46 heteroatoms. The van der Waals surface area contributed by atoms with Crippen molar-refractivity contribution in [3.05, 3.63) is 82.7 Å². The summed E-state index contributed by atoms with van der Waals surface area (Å²) in [6.07, 6.45) is -11.3. The van der Waals surface area contributed by atoms with E-state index in [4.69, 9.17) is 66.6 Å². The highest BCUT2D eigenvalue weighted by Gasteiger charge is 2.56. The van der Waals surface area contributed by atoms with Gasteiger partial charge in [0.05, 0.1) is 57.8 Å². The summed E-state index contributed by atoms with van der Waals surface area (Å²) in [5.41, 5.74) is 10.6. The molecule has 14 rings (SSSR count). The Hall–Kier alpha value is -6.40. The summed E-state index contributed by atoms with van der Waals surface area (Å²) in [7, 11) is -20.0. The van der Waals surface area contributed by atoms with Crippen LogP contribution in [0.15, 0.2) is 59.9 Å². The lowest BCUT2D eigenvalue weighted by Crippen LogP contribution is -2.36. The zero-order chi connectivity index (χ0) is 63.7. The van der Waals surface area contributed by atoms with Gasteiger partial charge in [0.15, 0.2) is 64.5 Å². The number of H-pyrrole nitrogens is 2. The molecule has 4 bridgehead atoms. The van der Waals surface area contributed by atoms with Crippen molar-refractivity contribution in [3.8, 4) is 0 Å². The number of anilines is 2. The molecule has 20 atom stereocenters. The first kappa shape index (κ1) is 62.4. The molecule has 0 radical (unpaired) electrons. The third kappa shape index (κ3) is 11.4. The first-order valence-corrected chi connectivity index (χ1v) is 32.6. The van der Waals surface area contributed by atoms with Gasteiger partial charge in [-0.1, -0.05) is 13.8 Å². The Bertz CT molecular complexity index is 4150. The molecule has 484 valence electrons. The van der Waals surface area contributed by atoms with Crippen molar-refractivity contribution in [1.82, 2.24) is 68.1 Å². The number of hydrogen-bond acceptors (Lipinski definition) is 30. The molecular weight excluding hydrogens is 1300 g/mol. The van der Waals surface area contributed by atoms with Crippen molar-refractivity contribution in [1.29, 1.82) is 0 Å². The van der Waals surface area contributed by atoms with Gasteiger partial charge in [-0.25, -0.2) is 66.9 Å². The number of phosphoric acid groups is 4. The number of nitrogens with two attached hydrogens (primary N) is 2. The van der Waals surface area contributed by atoms with Crippen LogP contribution in [0.2, 0.25) is 0 Å². The van der Waals surface area contributed by atoms with Gasteiger partial charge >= 0.3 is 31.3 Å². The summed E-state index contributed by atoms with van der Waals surface area (Å²) in [5, 5.41) is 21.2. The summed E-state index contributed by atoms with van der Waals surface area (Å²) in [5.74, 6) is -3.27. The summed E-state index contributed by atoms with van der Waals surface area (Å²) >= 11 is 0. The molecule has 40 nitrogen and oxygen atoms in total. The average Bonchev–Trinajstić information content (AvgIpc) is 1.85. The number of nitrogens with zero attached hydrogens (tertiary/aromatic N) is 12. The monoisotopic (exact) mass is 1350 g/mol. The Balaban J connectivity index is 0.000000165. The SMILES string of the molecule is C[C@@H]1[C@@H]2OP(=O)(O)OC[C@H]3O[C@@H](n4cc(F)c5c(=O)[nH]cnc54)[C@H](OP(=O)(O)OC[C@H]2O[C@H]1n1cnc2c(N)ncnc21)[C@@H]3C.Nc1ncnc2c1ncn2[C@@H]1O[C@@H]2COP(=O)(O)O[C@@H]3[C@H](O)[C@@H](COP(=O)(O)O[C@H]2[C@H]1O)O[C@H]3n1cc(F)c2c(=O)[nH]cnc21. The molecule has 14 heterocycles. The number of aromatic nitrogens is 14. The number of halogens is 2. The standard InChI is InChI=1S/C23H27FN8O11P2.C21H23FN8O13P2/c1-9-12-4-38-44(34,35)42-16-10(2)22(32-8-30-15-18(25)26-6-28-20(15)32)41-13(16)5-39-45(36,37)43-17(9)23(40-12)31-3-11(24)14-19(31)27-7-29-21(14)33;22-7-1-29(17-10(7)19(33)27-5-25-17)21-15-12(31)8(40-21)2-38-44(34,35)42-14-9(3-39-45(36,37)43-15)41-20(13(14)32)30-6-28-11-16(23)24-4-26-18(11)30/h3,6-10,12-13,16-17,22-23H,4-5H2,1-2H3,(H,34,35)(H,36,37)(H2,25,26,28)(H,27,29,33);1,4-6,8-9,12-15,20-21,31-32H,2-3H2,(H,34,35)(H,36,37)(H2,23,24,26)(H,25,27,33)/t9-,10-,12-,13-,16+,17-,22-,23-;8-,9-,12-,13-,14-,15-,20-,21-/m11/s1. The number of aliphatic hydroxyl groups is 2. The van der Waals surface area contributed by atoms with Crippen LogP contribution in [0.5, 0.6) is 0 Å². The summed E-state index contributed by atoms with van der Waals surface area (Å²) in [6.45, 7) is 0.340. The quantitative estimate of drug-likeness (QED) is 0.105. The molecule has 8 aromatic rings. The van der Waals surface area contributed by atoms with E-state index in [-0.39, 0.29) is 39.5 Å². The predicted molar refractivity (Wildman–Crippen MR) is 289 cm³/mol. The smallest absolute Gasteiger partial charge is 0.387 e. The van der Waals surface area contributed by atoms with Gasteiger partial charge in [-0.15, -0.1) is 0 Å². The topological polar surface area (TPSA) is 541 Å². The third-order valence-electron chi connectivity index (χ3n) is 15.6. The van der Waals surface area contributed by atoms with Crippen LogP contribution in [-0.2, 0) is 73.4 Å². The Morgan fingerprint density at radius 3 is 1.43 bits per heavy atom. The van der Waals surface area contributed by atoms with E-state index in [0.717, 1.165) is 40.5 Å². The van der Waals surface area contributed by atoms with Crippen LogP contribution >= 0.6 is 31.3 Å². The van der Waals surface area contributed by atoms with Crippen molar-refractivity contribution in [2.24, 2.45) is 11.8 Å². The second-order valence-electron chi connectivity index (χ2n) is 21.1. The number of aliphatic hydroxyl groups excluding tert-OH is 2. The van der Waals surface area contributed by atoms with Crippen LogP contribution in [0, 0.1) is 23.5 Å². The minimum Gasteiger partial charge on any atom is -0.387 e. The molecule has 0 amide bonds. The zero-order valence-corrected chi connectivity index (χ0v) is 49.4. The zero-order valence-electron chi connectivity index (χ0n) is 45.8. The number of nitrogen functional groups attached to an aromatic ring is 2. The molecule has 6 aliphatic rings. The molecule has 0 saturated carbocycles. The largest absolute Gasteiger partial charge is 0.472 e. The molecule has 0 aliphatic carbocycles.